The van der Waals surface area contributed by atoms with Crippen LogP contribution in [0.4, 0.5) is 0 Å². The van der Waals surface area contributed by atoms with Gasteiger partial charge in [-0.15, -0.1) is 5.10 Å². The van der Waals surface area contributed by atoms with Crippen molar-refractivity contribution >= 4 is 27.0 Å². The first-order chi connectivity index (χ1) is 15.4. The van der Waals surface area contributed by atoms with Crippen molar-refractivity contribution in [3.05, 3.63) is 29.8 Å². The predicted octanol–water partition coefficient (Wildman–Crippen LogP) is 3.42. The average Bonchev–Trinajstić information content (AvgIpc) is 3.23. The molecule has 2 aliphatic rings. The van der Waals surface area contributed by atoms with Crippen LogP contribution in [0.5, 0.6) is 0 Å². The number of carbonyl (C=O) groups excluding carboxylic acids is 1. The molecule has 8 nitrogen and oxygen atoms in total. The van der Waals surface area contributed by atoms with E-state index in [-0.39, 0.29) is 29.3 Å². The molecule has 1 aliphatic heterocycles. The Bertz CT molecular complexity index is 1110. The number of allylic oxidation sites excluding steroid dienone is 1. The molecule has 1 aromatic heterocycles. The van der Waals surface area contributed by atoms with Crippen LogP contribution < -0.4 is 5.32 Å². The van der Waals surface area contributed by atoms with Crippen molar-refractivity contribution in [2.75, 3.05) is 19.6 Å². The molecule has 1 atom stereocenters. The van der Waals surface area contributed by atoms with Crippen molar-refractivity contribution in [2.45, 2.75) is 69.7 Å². The number of piperidine rings is 1. The maximum Gasteiger partial charge on any atom is 0.243 e. The molecule has 1 saturated heterocycles. The minimum atomic E-state index is -3.70. The van der Waals surface area contributed by atoms with E-state index in [2.05, 4.69) is 21.7 Å². The molecule has 0 saturated carbocycles. The van der Waals surface area contributed by atoms with E-state index in [9.17, 15) is 13.2 Å². The van der Waals surface area contributed by atoms with Crippen LogP contribution in [0.15, 0.2) is 34.7 Å². The number of hydrogen-bond acceptors (Lipinski definition) is 5. The number of carbonyl (C=O) groups is 1. The molecule has 1 aromatic carbocycles. The van der Waals surface area contributed by atoms with Crippen molar-refractivity contribution in [3.63, 3.8) is 0 Å². The SMILES string of the molecule is CC(C)n1nnc2cc(S(=O)(=O)N3CCC[C@@H](C(=O)NCCC4=CCCCC4)C3)ccc21. The number of amides is 1. The highest BCUT2D eigenvalue weighted by Crippen LogP contribution is 2.26. The molecule has 0 spiro atoms. The number of rotatable bonds is 7. The summed E-state index contributed by atoms with van der Waals surface area (Å²) in [5, 5.41) is 11.3. The van der Waals surface area contributed by atoms with E-state index in [0.29, 0.717) is 31.4 Å². The van der Waals surface area contributed by atoms with Gasteiger partial charge in [0.25, 0.3) is 0 Å². The third-order valence-electron chi connectivity index (χ3n) is 6.45. The Morgan fingerprint density at radius 3 is 2.84 bits per heavy atom. The third kappa shape index (κ3) is 4.88. The lowest BCUT2D eigenvalue weighted by atomic mass is 9.96. The molecule has 2 heterocycles. The molecule has 174 valence electrons. The standard InChI is InChI=1S/C23H33N5O3S/c1-17(2)28-22-11-10-20(15-21(22)25-26-28)32(30,31)27-14-6-9-19(16-27)23(29)24-13-12-18-7-4-3-5-8-18/h7,10-11,15,17,19H,3-6,8-9,12-14,16H2,1-2H3,(H,24,29)/t19-/m1/s1. The van der Waals surface area contributed by atoms with Crippen LogP contribution in [0.1, 0.15) is 64.8 Å². The topological polar surface area (TPSA) is 97.2 Å². The van der Waals surface area contributed by atoms with Crippen molar-refractivity contribution in [1.29, 1.82) is 0 Å². The van der Waals surface area contributed by atoms with Gasteiger partial charge in [-0.1, -0.05) is 16.9 Å². The van der Waals surface area contributed by atoms with Crippen LogP contribution in [0.3, 0.4) is 0 Å². The Balaban J connectivity index is 1.41. The molecule has 2 aromatic rings. The fourth-order valence-electron chi connectivity index (χ4n) is 4.61. The van der Waals surface area contributed by atoms with Gasteiger partial charge in [-0.05, 0) is 77.0 Å². The second kappa shape index (κ2) is 9.70. The van der Waals surface area contributed by atoms with Gasteiger partial charge >= 0.3 is 0 Å². The second-order valence-electron chi connectivity index (χ2n) is 9.13. The van der Waals surface area contributed by atoms with E-state index in [0.717, 1.165) is 24.8 Å². The molecule has 0 unspecified atom stereocenters. The number of sulfonamides is 1. The van der Waals surface area contributed by atoms with Crippen LogP contribution in [0, 0.1) is 5.92 Å². The molecule has 1 fully saturated rings. The number of aromatic nitrogens is 3. The molecule has 32 heavy (non-hydrogen) atoms. The predicted molar refractivity (Wildman–Crippen MR) is 124 cm³/mol. The Hall–Kier alpha value is -2.26. The lowest BCUT2D eigenvalue weighted by Crippen LogP contribution is -2.45. The van der Waals surface area contributed by atoms with E-state index >= 15 is 0 Å². The number of hydrogen-bond donors (Lipinski definition) is 1. The van der Waals surface area contributed by atoms with Gasteiger partial charge in [0.15, 0.2) is 0 Å². The fraction of sp³-hybridized carbons (Fsp3) is 0.609. The van der Waals surface area contributed by atoms with E-state index in [1.165, 1.54) is 22.7 Å². The zero-order valence-corrected chi connectivity index (χ0v) is 19.8. The molecule has 1 N–H and O–H groups in total. The van der Waals surface area contributed by atoms with E-state index < -0.39 is 10.0 Å². The summed E-state index contributed by atoms with van der Waals surface area (Å²) in [5.74, 6) is -0.360. The van der Waals surface area contributed by atoms with Crippen LogP contribution in [-0.2, 0) is 14.8 Å². The quantitative estimate of drug-likeness (QED) is 0.640. The third-order valence-corrected chi connectivity index (χ3v) is 8.32. The first-order valence-electron chi connectivity index (χ1n) is 11.7. The molecular formula is C23H33N5O3S. The highest BCUT2D eigenvalue weighted by molar-refractivity contribution is 7.89. The van der Waals surface area contributed by atoms with Crippen molar-refractivity contribution in [1.82, 2.24) is 24.6 Å². The Morgan fingerprint density at radius 2 is 2.09 bits per heavy atom. The number of benzene rings is 1. The van der Waals surface area contributed by atoms with E-state index in [1.54, 1.807) is 22.9 Å². The minimum absolute atomic E-state index is 0.0448. The fourth-order valence-corrected chi connectivity index (χ4v) is 6.15. The number of nitrogens with zero attached hydrogens (tertiary/aromatic N) is 4. The van der Waals surface area contributed by atoms with Gasteiger partial charge in [0.1, 0.15) is 5.52 Å². The lowest BCUT2D eigenvalue weighted by molar-refractivity contribution is -0.126. The van der Waals surface area contributed by atoms with Crippen LogP contribution in [-0.4, -0.2) is 53.3 Å². The zero-order chi connectivity index (χ0) is 22.7. The summed E-state index contributed by atoms with van der Waals surface area (Å²) in [7, 11) is -3.70. The maximum absolute atomic E-state index is 13.3. The summed E-state index contributed by atoms with van der Waals surface area (Å²) < 4.78 is 29.8. The number of nitrogens with one attached hydrogen (secondary N) is 1. The van der Waals surface area contributed by atoms with Gasteiger partial charge in [0.2, 0.25) is 15.9 Å². The average molecular weight is 460 g/mol. The van der Waals surface area contributed by atoms with Crippen molar-refractivity contribution in [2.24, 2.45) is 5.92 Å². The Labute approximate surface area is 190 Å². The Morgan fingerprint density at radius 1 is 1.25 bits per heavy atom. The highest BCUT2D eigenvalue weighted by atomic mass is 32.2. The minimum Gasteiger partial charge on any atom is -0.356 e. The summed E-state index contributed by atoms with van der Waals surface area (Å²) in [4.78, 5) is 12.9. The molecule has 4 rings (SSSR count). The van der Waals surface area contributed by atoms with Gasteiger partial charge in [-0.2, -0.15) is 4.31 Å². The monoisotopic (exact) mass is 459 g/mol. The lowest BCUT2D eigenvalue weighted by Gasteiger charge is -2.31. The van der Waals surface area contributed by atoms with Crippen LogP contribution in [0.2, 0.25) is 0 Å². The Kier molecular flexibility index (Phi) is 6.95. The van der Waals surface area contributed by atoms with Crippen LogP contribution >= 0.6 is 0 Å². The summed E-state index contributed by atoms with van der Waals surface area (Å²) in [6.07, 6.45) is 9.31. The molecular weight excluding hydrogens is 426 g/mol. The maximum atomic E-state index is 13.3. The highest BCUT2D eigenvalue weighted by Gasteiger charge is 2.33. The number of fused-ring (bicyclic) bond motifs is 1. The van der Waals surface area contributed by atoms with Gasteiger partial charge in [-0.25, -0.2) is 13.1 Å². The zero-order valence-electron chi connectivity index (χ0n) is 19.0. The molecule has 9 heteroatoms. The van der Waals surface area contributed by atoms with Gasteiger partial charge in [-0.3, -0.25) is 4.79 Å². The van der Waals surface area contributed by atoms with E-state index in [4.69, 9.17) is 0 Å². The van der Waals surface area contributed by atoms with Crippen molar-refractivity contribution < 1.29 is 13.2 Å². The normalized spacial score (nSPS) is 20.5. The van der Waals surface area contributed by atoms with Gasteiger partial charge in [0.05, 0.1) is 16.3 Å². The first-order valence-corrected chi connectivity index (χ1v) is 13.1. The summed E-state index contributed by atoms with van der Waals surface area (Å²) in [5.41, 5.74) is 2.79. The van der Waals surface area contributed by atoms with Gasteiger partial charge in [0, 0.05) is 25.7 Å². The molecule has 0 bridgehead atoms. The molecule has 1 aliphatic carbocycles. The summed E-state index contributed by atoms with van der Waals surface area (Å²) >= 11 is 0. The van der Waals surface area contributed by atoms with Crippen molar-refractivity contribution in [3.8, 4) is 0 Å². The first kappa shape index (κ1) is 22.9. The van der Waals surface area contributed by atoms with Gasteiger partial charge < -0.3 is 5.32 Å². The smallest absolute Gasteiger partial charge is 0.243 e. The summed E-state index contributed by atoms with van der Waals surface area (Å²) in [6.45, 7) is 5.27. The second-order valence-corrected chi connectivity index (χ2v) is 11.1. The largest absolute Gasteiger partial charge is 0.356 e. The molecule has 0 radical (unpaired) electrons. The molecule has 1 amide bonds. The van der Waals surface area contributed by atoms with Crippen LogP contribution in [0.25, 0.3) is 11.0 Å². The summed E-state index contributed by atoms with van der Waals surface area (Å²) in [6, 6.07) is 5.09. The van der Waals surface area contributed by atoms with E-state index in [1.807, 2.05) is 13.8 Å².